The second-order valence-corrected chi connectivity index (χ2v) is 34.3. The van der Waals surface area contributed by atoms with Crippen LogP contribution in [0.15, 0.2) is 308 Å². The number of nitrogen functional groups attached to an aromatic ring is 3. The van der Waals surface area contributed by atoms with E-state index in [-0.39, 0.29) is 46.6 Å². The molecule has 0 saturated carbocycles. The maximum Gasteiger partial charge on any atom is 0.499 e. The number of ether oxygens (including phenoxy) is 3. The quantitative estimate of drug-likeness (QED) is 0.0273. The largest absolute Gasteiger partial charge is 0.499 e. The number of benzene rings is 13. The third-order valence-corrected chi connectivity index (χ3v) is 24.7. The number of halogens is 9. The molecule has 0 bridgehead atoms. The normalized spacial score (nSPS) is 10.6. The smallest absolute Gasteiger partial charge is 0.497 e. The van der Waals surface area contributed by atoms with Gasteiger partial charge in [0.25, 0.3) is 17.1 Å². The maximum absolute atomic E-state index is 14.0. The van der Waals surface area contributed by atoms with E-state index in [0.717, 1.165) is 67.3 Å². The van der Waals surface area contributed by atoms with Crippen molar-refractivity contribution in [2.75, 3.05) is 38.5 Å². The van der Waals surface area contributed by atoms with E-state index >= 15 is 0 Å². The molecular formula is C98H70BBr2ClF6N14O8S4. The fourth-order valence-electron chi connectivity index (χ4n) is 13.3. The van der Waals surface area contributed by atoms with Crippen molar-refractivity contribution in [1.29, 1.82) is 5.26 Å². The topological polar surface area (TPSA) is 343 Å². The molecule has 0 radical (unpaired) electrons. The predicted octanol–water partition coefficient (Wildman–Crippen LogP) is 24.3. The number of rotatable bonds is 10. The summed E-state index contributed by atoms with van der Waals surface area (Å²) in [5, 5.41) is 29.0. The Hall–Kier alpha value is -14.8. The number of nitrogens with two attached hydrogens (primary N) is 3. The summed E-state index contributed by atoms with van der Waals surface area (Å²) in [7, 11) is 3.37. The SMILES string of the molecule is COc1ccc(C(=O)Cl)cc1.COc1ccc(C(=O)n2c(-c3cc4ccccc4s3)nc3cc(F)ccc32)cc1.COc1ccc(C(=O)n2c(-c3cc4ccccc4s3)nc3ccc(F)cc32)cc1.Fc1ccc2nc(-c3cc4ccccc4s3)[nH]c2c1.Fc1ccc2nc(Br)[nH]c2c1.N#CBr.Nc1ccc(F)cc1N.Nc1nc2ccc(F)cc2[nH]1.OB(O)c1cc2ccccc2s1. The highest BCUT2D eigenvalue weighted by Gasteiger charge is 2.25. The average Bonchev–Trinajstić information content (AvgIpc) is 1.60. The van der Waals surface area contributed by atoms with Gasteiger partial charge in [0.1, 0.15) is 63.0 Å². The van der Waals surface area contributed by atoms with Crippen LogP contribution in [0.4, 0.5) is 43.7 Å². The third kappa shape index (κ3) is 23.5. The van der Waals surface area contributed by atoms with E-state index in [1.807, 2.05) is 97.1 Å². The summed E-state index contributed by atoms with van der Waals surface area (Å²) < 4.78 is 102. The Morgan fingerprint density at radius 3 is 1.23 bits per heavy atom. The Morgan fingerprint density at radius 2 is 0.776 bits per heavy atom. The number of H-pyrrole nitrogens is 3. The van der Waals surface area contributed by atoms with Crippen molar-refractivity contribution in [3.8, 4) is 54.3 Å². The highest BCUT2D eigenvalue weighted by molar-refractivity contribution is 9.12. The van der Waals surface area contributed by atoms with Crippen LogP contribution < -0.4 is 36.2 Å². The van der Waals surface area contributed by atoms with Crippen molar-refractivity contribution in [1.82, 2.24) is 49.0 Å². The van der Waals surface area contributed by atoms with Gasteiger partial charge in [0, 0.05) is 68.3 Å². The summed E-state index contributed by atoms with van der Waals surface area (Å²) in [6.45, 7) is 0. The molecule has 670 valence electrons. The van der Waals surface area contributed by atoms with E-state index in [9.17, 15) is 40.7 Å². The molecule has 22 nitrogen and oxygen atoms in total. The van der Waals surface area contributed by atoms with Gasteiger partial charge in [-0.15, -0.1) is 45.3 Å². The lowest BCUT2D eigenvalue weighted by molar-refractivity contribution is 0.0958. The van der Waals surface area contributed by atoms with E-state index in [1.165, 1.54) is 105 Å². The van der Waals surface area contributed by atoms with Crippen molar-refractivity contribution < 1.29 is 65.0 Å². The van der Waals surface area contributed by atoms with Gasteiger partial charge in [-0.3, -0.25) is 23.5 Å². The monoisotopic (exact) mass is 2020 g/mol. The lowest BCUT2D eigenvalue weighted by atomic mass is 9.89. The minimum absolute atomic E-state index is 0.228. The van der Waals surface area contributed by atoms with Gasteiger partial charge in [0.05, 0.1) is 103 Å². The molecule has 22 aromatic rings. The van der Waals surface area contributed by atoms with Crippen LogP contribution in [0.1, 0.15) is 31.1 Å². The molecule has 0 aliphatic heterocycles. The van der Waals surface area contributed by atoms with Crippen LogP contribution in [0, 0.1) is 45.1 Å². The van der Waals surface area contributed by atoms with Crippen LogP contribution in [0.5, 0.6) is 17.2 Å². The predicted molar refractivity (Wildman–Crippen MR) is 532 cm³/mol. The Labute approximate surface area is 796 Å². The van der Waals surface area contributed by atoms with Crippen LogP contribution in [0.2, 0.25) is 0 Å². The zero-order valence-corrected chi connectivity index (χ0v) is 77.3. The summed E-state index contributed by atoms with van der Waals surface area (Å²) in [5.74, 6) is 1.71. The molecule has 36 heteroatoms. The number of hydrogen-bond acceptors (Lipinski definition) is 21. The van der Waals surface area contributed by atoms with E-state index in [0.29, 0.717) is 105 Å². The zero-order valence-electron chi connectivity index (χ0n) is 70.1. The molecule has 9 aromatic heterocycles. The first-order valence-corrected chi connectivity index (χ1v) is 45.0. The molecule has 0 aliphatic carbocycles. The van der Waals surface area contributed by atoms with Crippen LogP contribution in [-0.4, -0.2) is 105 Å². The number of carbonyl (C=O) groups is 3. The second kappa shape index (κ2) is 43.9. The number of nitrogens with one attached hydrogen (secondary N) is 3. The molecule has 11 N–H and O–H groups in total. The molecule has 0 atom stereocenters. The highest BCUT2D eigenvalue weighted by atomic mass is 79.9. The molecule has 13 aromatic carbocycles. The second-order valence-electron chi connectivity index (χ2n) is 28.5. The van der Waals surface area contributed by atoms with Crippen molar-refractivity contribution in [2.45, 2.75) is 0 Å². The van der Waals surface area contributed by atoms with E-state index < -0.39 is 18.2 Å². The number of aromatic nitrogens is 10. The van der Waals surface area contributed by atoms with Gasteiger partial charge in [-0.25, -0.2) is 51.3 Å². The number of hydrogen-bond donors (Lipinski definition) is 8. The summed E-state index contributed by atoms with van der Waals surface area (Å²) in [4.78, 5) is 72.2. The van der Waals surface area contributed by atoms with E-state index in [2.05, 4.69) is 89.9 Å². The van der Waals surface area contributed by atoms with Gasteiger partial charge in [-0.05, 0) is 267 Å². The van der Waals surface area contributed by atoms with Crippen LogP contribution in [-0.2, 0) is 0 Å². The fraction of sp³-hybridized carbons (Fsp3) is 0.0306. The van der Waals surface area contributed by atoms with Gasteiger partial charge >= 0.3 is 7.12 Å². The van der Waals surface area contributed by atoms with Gasteiger partial charge in [0.15, 0.2) is 22.3 Å². The number of imidazole rings is 5. The summed E-state index contributed by atoms with van der Waals surface area (Å²) in [6.07, 6.45) is 0. The molecule has 0 saturated heterocycles. The lowest BCUT2D eigenvalue weighted by Gasteiger charge is -2.08. The zero-order chi connectivity index (χ0) is 94.8. The molecule has 0 amide bonds. The minimum Gasteiger partial charge on any atom is -0.497 e. The van der Waals surface area contributed by atoms with Crippen LogP contribution >= 0.6 is 88.8 Å². The Bertz CT molecular complexity index is 7720. The molecule has 22 rings (SSSR count). The van der Waals surface area contributed by atoms with Gasteiger partial charge in [0.2, 0.25) is 0 Å². The van der Waals surface area contributed by atoms with E-state index in [1.54, 1.807) is 174 Å². The standard InChI is InChI=1S/2C23H15FN2O2S.C15H9FN2S.C8H7BO2S.C8H7ClO2.C7H4BrFN2.C7H6FN3.C6H7FN2.CBrN/c1-28-17-9-6-14(7-10-17)23(27)26-19-11-8-16(24)13-18(19)25-22(26)21-12-15-4-2-3-5-20(15)29-21;1-28-17-9-6-14(7-10-17)23(27)26-19-13-16(24)8-11-18(19)25-22(26)21-12-15-4-2-3-5-20(15)29-21;16-10-5-6-11-12(8-10)18-15(17-11)14-7-9-3-1-2-4-13(9)19-14;10-9(11)8-5-6-3-1-2-4-7(6)12-8;1-11-7-4-2-6(3-5-7)8(9)10;8-7-10-5-2-1-4(9)3-6(5)11-7;8-4-1-2-5-6(3-4)11-7(9)10-5;7-4-1-2-5(8)6(9)3-4;2-1-3/h2*2-13H,1H3;1-8H,(H,17,18);1-5,10-11H;2-5H,1H3;1-3H,(H,10,11);1-3H,(H3,9,10,11);1-3H,8-9H2;. The first kappa shape index (κ1) is 95.3. The number of nitriles is 1. The first-order valence-electron chi connectivity index (χ1n) is 39.8. The molecule has 9 heterocycles. The number of anilines is 3. The molecule has 0 unspecified atom stereocenters. The number of fused-ring (bicyclic) bond motifs is 9. The Balaban J connectivity index is 0.000000127. The maximum atomic E-state index is 14.0. The number of thiophene rings is 4. The number of nitrogens with zero attached hydrogens (tertiary/aromatic N) is 8. The number of methoxy groups -OCH3 is 3. The fourth-order valence-corrected chi connectivity index (χ4v) is 17.9. The number of carbonyl (C=O) groups excluding carboxylic acids is 3. The van der Waals surface area contributed by atoms with E-state index in [4.69, 9.17) is 58.3 Å². The molecular weight excluding hydrogens is 1950 g/mol. The molecule has 0 aliphatic rings. The minimum atomic E-state index is -1.35. The molecule has 0 spiro atoms. The van der Waals surface area contributed by atoms with Gasteiger partial charge < -0.3 is 56.4 Å². The van der Waals surface area contributed by atoms with Crippen molar-refractivity contribution in [3.05, 3.63) is 360 Å². The molecule has 134 heavy (non-hydrogen) atoms. The highest BCUT2D eigenvalue weighted by Crippen LogP contribution is 2.39. The lowest BCUT2D eigenvalue weighted by Crippen LogP contribution is -2.26. The Morgan fingerprint density at radius 1 is 0.403 bits per heavy atom. The van der Waals surface area contributed by atoms with Gasteiger partial charge in [-0.1, -0.05) is 72.8 Å². The summed E-state index contributed by atoms with van der Waals surface area (Å²) >= 11 is 17.0. The average molecular weight is 2020 g/mol. The Kier molecular flexibility index (Phi) is 31.2. The van der Waals surface area contributed by atoms with Crippen molar-refractivity contribution in [3.63, 3.8) is 0 Å². The number of aromatic amines is 3. The van der Waals surface area contributed by atoms with Crippen LogP contribution in [0.25, 0.3) is 128 Å². The molecule has 0 fully saturated rings. The van der Waals surface area contributed by atoms with Crippen molar-refractivity contribution >= 4 is 231 Å². The van der Waals surface area contributed by atoms with Gasteiger partial charge in [-0.2, -0.15) is 5.26 Å². The van der Waals surface area contributed by atoms with Crippen LogP contribution in [0.3, 0.4) is 0 Å². The van der Waals surface area contributed by atoms with Crippen molar-refractivity contribution in [2.24, 2.45) is 0 Å². The third-order valence-electron chi connectivity index (χ3n) is 19.6. The summed E-state index contributed by atoms with van der Waals surface area (Å²) in [5.41, 5.74) is 24.4. The first-order chi connectivity index (χ1) is 64.7. The summed E-state index contributed by atoms with van der Waals surface area (Å²) in [6, 6.07) is 86.1.